The molecule has 0 aromatic heterocycles. The van der Waals surface area contributed by atoms with Crippen LogP contribution in [0.1, 0.15) is 36.2 Å². The van der Waals surface area contributed by atoms with Crippen LogP contribution in [0, 0.1) is 17.2 Å². The van der Waals surface area contributed by atoms with E-state index in [2.05, 4.69) is 0 Å². The zero-order valence-corrected chi connectivity index (χ0v) is 8.45. The number of benzene rings is 1. The van der Waals surface area contributed by atoms with E-state index in [-0.39, 0.29) is 5.78 Å². The number of carbonyl (C=O) groups excluding carboxylic acids is 1. The predicted octanol–water partition coefficient (Wildman–Crippen LogP) is 2.79. The van der Waals surface area contributed by atoms with Crippen LogP contribution in [0.4, 0.5) is 0 Å². The standard InChI is InChI=1S/C12H13NO/c1-9(2)7-12(14)11-6-4-3-5-10(11)8-13/h3-6,9H,7H2,1-2H3. The summed E-state index contributed by atoms with van der Waals surface area (Å²) in [6, 6.07) is 8.97. The van der Waals surface area contributed by atoms with Crippen molar-refractivity contribution in [2.24, 2.45) is 5.92 Å². The maximum Gasteiger partial charge on any atom is 0.164 e. The molecule has 2 nitrogen and oxygen atoms in total. The van der Waals surface area contributed by atoms with Crippen molar-refractivity contribution in [3.63, 3.8) is 0 Å². The fraction of sp³-hybridized carbons (Fsp3) is 0.333. The number of carbonyl (C=O) groups is 1. The van der Waals surface area contributed by atoms with Gasteiger partial charge in [0.05, 0.1) is 11.6 Å². The molecule has 0 N–H and O–H groups in total. The molecule has 0 spiro atoms. The van der Waals surface area contributed by atoms with E-state index in [9.17, 15) is 4.79 Å². The zero-order valence-electron chi connectivity index (χ0n) is 8.45. The molecule has 0 amide bonds. The van der Waals surface area contributed by atoms with Crippen molar-refractivity contribution >= 4 is 5.78 Å². The molecule has 0 aliphatic rings. The molecule has 0 heterocycles. The van der Waals surface area contributed by atoms with E-state index in [1.807, 2.05) is 19.9 Å². The summed E-state index contributed by atoms with van der Waals surface area (Å²) in [7, 11) is 0. The number of ketones is 1. The highest BCUT2D eigenvalue weighted by molar-refractivity contribution is 5.98. The van der Waals surface area contributed by atoms with E-state index in [1.165, 1.54) is 0 Å². The van der Waals surface area contributed by atoms with Crippen LogP contribution in [-0.2, 0) is 0 Å². The maximum atomic E-state index is 11.7. The minimum absolute atomic E-state index is 0.0529. The van der Waals surface area contributed by atoms with Crippen LogP contribution in [0.3, 0.4) is 0 Å². The highest BCUT2D eigenvalue weighted by Gasteiger charge is 2.11. The summed E-state index contributed by atoms with van der Waals surface area (Å²) in [6.07, 6.45) is 0.499. The molecule has 72 valence electrons. The SMILES string of the molecule is CC(C)CC(=O)c1ccccc1C#N. The Morgan fingerprint density at radius 3 is 2.64 bits per heavy atom. The van der Waals surface area contributed by atoms with Gasteiger partial charge < -0.3 is 0 Å². The van der Waals surface area contributed by atoms with Crippen molar-refractivity contribution in [3.05, 3.63) is 35.4 Å². The molecule has 1 rings (SSSR count). The largest absolute Gasteiger partial charge is 0.294 e. The van der Waals surface area contributed by atoms with E-state index in [4.69, 9.17) is 5.26 Å². The van der Waals surface area contributed by atoms with Crippen molar-refractivity contribution in [3.8, 4) is 6.07 Å². The molecule has 0 saturated heterocycles. The number of nitriles is 1. The molecule has 0 bridgehead atoms. The fourth-order valence-corrected chi connectivity index (χ4v) is 1.30. The van der Waals surface area contributed by atoms with Crippen LogP contribution in [-0.4, -0.2) is 5.78 Å². The molecule has 14 heavy (non-hydrogen) atoms. The summed E-state index contributed by atoms with van der Waals surface area (Å²) < 4.78 is 0. The van der Waals surface area contributed by atoms with Gasteiger partial charge in [-0.25, -0.2) is 0 Å². The lowest BCUT2D eigenvalue weighted by molar-refractivity contribution is 0.0967. The third kappa shape index (κ3) is 2.43. The number of Topliss-reactive ketones (excluding diaryl/α,β-unsaturated/α-hetero) is 1. The Hall–Kier alpha value is -1.62. The lowest BCUT2D eigenvalue weighted by Crippen LogP contribution is -2.05. The molecular formula is C12H13NO. The molecule has 1 aromatic carbocycles. The first-order valence-corrected chi connectivity index (χ1v) is 4.67. The summed E-state index contributed by atoms with van der Waals surface area (Å²) in [5.41, 5.74) is 1.02. The van der Waals surface area contributed by atoms with Gasteiger partial charge >= 0.3 is 0 Å². The molecule has 0 saturated carbocycles. The third-order valence-electron chi connectivity index (χ3n) is 1.94. The highest BCUT2D eigenvalue weighted by Crippen LogP contribution is 2.13. The molecule has 0 aliphatic carbocycles. The monoisotopic (exact) mass is 187 g/mol. The van der Waals surface area contributed by atoms with E-state index in [1.54, 1.807) is 24.3 Å². The predicted molar refractivity (Wildman–Crippen MR) is 54.9 cm³/mol. The quantitative estimate of drug-likeness (QED) is 0.683. The van der Waals surface area contributed by atoms with Gasteiger partial charge in [-0.05, 0) is 12.0 Å². The van der Waals surface area contributed by atoms with Gasteiger partial charge in [0.1, 0.15) is 0 Å². The molecule has 0 aliphatic heterocycles. The Balaban J connectivity index is 2.96. The first kappa shape index (κ1) is 10.5. The molecule has 2 heteroatoms. The summed E-state index contributed by atoms with van der Waals surface area (Å²) >= 11 is 0. The molecule has 0 unspecified atom stereocenters. The van der Waals surface area contributed by atoms with Gasteiger partial charge in [0, 0.05) is 12.0 Å². The second-order valence-electron chi connectivity index (χ2n) is 3.68. The second-order valence-corrected chi connectivity index (χ2v) is 3.68. The Morgan fingerprint density at radius 2 is 2.07 bits per heavy atom. The van der Waals surface area contributed by atoms with Crippen molar-refractivity contribution in [2.75, 3.05) is 0 Å². The minimum atomic E-state index is 0.0529. The van der Waals surface area contributed by atoms with Crippen molar-refractivity contribution in [2.45, 2.75) is 20.3 Å². The number of nitrogens with zero attached hydrogens (tertiary/aromatic N) is 1. The molecular weight excluding hydrogens is 174 g/mol. The Labute approximate surface area is 84.2 Å². The van der Waals surface area contributed by atoms with Crippen LogP contribution < -0.4 is 0 Å². The number of hydrogen-bond donors (Lipinski definition) is 0. The lowest BCUT2D eigenvalue weighted by atomic mass is 9.98. The molecule has 0 fully saturated rings. The van der Waals surface area contributed by atoms with E-state index in [0.29, 0.717) is 23.5 Å². The third-order valence-corrected chi connectivity index (χ3v) is 1.94. The summed E-state index contributed by atoms with van der Waals surface area (Å²) in [4.78, 5) is 11.7. The smallest absolute Gasteiger partial charge is 0.164 e. The van der Waals surface area contributed by atoms with Gasteiger partial charge in [-0.2, -0.15) is 5.26 Å². The minimum Gasteiger partial charge on any atom is -0.294 e. The second kappa shape index (κ2) is 4.57. The molecule has 1 aromatic rings. The average Bonchev–Trinajstić information content (AvgIpc) is 2.16. The number of rotatable bonds is 3. The molecule has 0 atom stereocenters. The van der Waals surface area contributed by atoms with Crippen LogP contribution in [0.15, 0.2) is 24.3 Å². The summed E-state index contributed by atoms with van der Waals surface area (Å²) in [6.45, 7) is 3.99. The van der Waals surface area contributed by atoms with Crippen LogP contribution in [0.5, 0.6) is 0 Å². The van der Waals surface area contributed by atoms with E-state index < -0.39 is 0 Å². The van der Waals surface area contributed by atoms with Crippen LogP contribution in [0.25, 0.3) is 0 Å². The lowest BCUT2D eigenvalue weighted by Gasteiger charge is -2.04. The van der Waals surface area contributed by atoms with Crippen molar-refractivity contribution < 1.29 is 4.79 Å². The Bertz CT molecular complexity index is 374. The van der Waals surface area contributed by atoms with Gasteiger partial charge in [0.15, 0.2) is 5.78 Å². The average molecular weight is 187 g/mol. The Kier molecular flexibility index (Phi) is 3.41. The number of hydrogen-bond acceptors (Lipinski definition) is 2. The zero-order chi connectivity index (χ0) is 10.6. The van der Waals surface area contributed by atoms with Crippen LogP contribution >= 0.6 is 0 Å². The summed E-state index contributed by atoms with van der Waals surface area (Å²) in [5, 5.41) is 8.80. The van der Waals surface area contributed by atoms with Gasteiger partial charge in [0.2, 0.25) is 0 Å². The van der Waals surface area contributed by atoms with Gasteiger partial charge in [0.25, 0.3) is 0 Å². The van der Waals surface area contributed by atoms with E-state index in [0.717, 1.165) is 0 Å². The maximum absolute atomic E-state index is 11.7. The van der Waals surface area contributed by atoms with Crippen LogP contribution in [0.2, 0.25) is 0 Å². The van der Waals surface area contributed by atoms with Gasteiger partial charge in [-0.3, -0.25) is 4.79 Å². The summed E-state index contributed by atoms with van der Waals surface area (Å²) in [5.74, 6) is 0.381. The fourth-order valence-electron chi connectivity index (χ4n) is 1.30. The van der Waals surface area contributed by atoms with E-state index >= 15 is 0 Å². The normalized spacial score (nSPS) is 9.86. The van der Waals surface area contributed by atoms with Gasteiger partial charge in [-0.1, -0.05) is 32.0 Å². The highest BCUT2D eigenvalue weighted by atomic mass is 16.1. The van der Waals surface area contributed by atoms with Crippen molar-refractivity contribution in [1.82, 2.24) is 0 Å². The van der Waals surface area contributed by atoms with Crippen molar-refractivity contribution in [1.29, 1.82) is 5.26 Å². The molecule has 0 radical (unpaired) electrons. The van der Waals surface area contributed by atoms with Gasteiger partial charge in [-0.15, -0.1) is 0 Å². The topological polar surface area (TPSA) is 40.9 Å². The Morgan fingerprint density at radius 1 is 1.43 bits per heavy atom. The first-order valence-electron chi connectivity index (χ1n) is 4.67. The first-order chi connectivity index (χ1) is 6.65.